The third kappa shape index (κ3) is 2.50. The Hall–Kier alpha value is -0.160. The van der Waals surface area contributed by atoms with Crippen molar-refractivity contribution < 1.29 is 14.6 Å². The van der Waals surface area contributed by atoms with Crippen molar-refractivity contribution >= 4 is 0 Å². The monoisotopic (exact) mass is 215 g/mol. The lowest BCUT2D eigenvalue weighted by Crippen LogP contribution is -2.41. The van der Waals surface area contributed by atoms with Crippen LogP contribution in [0, 0.1) is 5.92 Å². The molecule has 1 saturated heterocycles. The molecule has 4 nitrogen and oxygen atoms in total. The Labute approximate surface area is 90.7 Å². The van der Waals surface area contributed by atoms with Gasteiger partial charge in [-0.2, -0.15) is 0 Å². The second-order valence-corrected chi connectivity index (χ2v) is 4.62. The van der Waals surface area contributed by atoms with Gasteiger partial charge < -0.3 is 20.3 Å². The van der Waals surface area contributed by atoms with Crippen LogP contribution in [0.5, 0.6) is 0 Å². The summed E-state index contributed by atoms with van der Waals surface area (Å²) >= 11 is 0. The quantitative estimate of drug-likeness (QED) is 0.724. The Kier molecular flexibility index (Phi) is 3.61. The normalized spacial score (nSPS) is 28.4. The first-order valence-electron chi connectivity index (χ1n) is 5.90. The molecule has 1 aliphatic heterocycles. The molecule has 1 unspecified atom stereocenters. The van der Waals surface area contributed by atoms with Crippen LogP contribution in [0.15, 0.2) is 0 Å². The van der Waals surface area contributed by atoms with Crippen LogP contribution in [-0.2, 0) is 9.47 Å². The standard InChI is InChI=1S/C11H21NO3/c12-10(3-6-13)9-1-4-11(5-2-9)14-7-8-15-11/h9-10,13H,1-8,12H2. The molecule has 2 aliphatic rings. The van der Waals surface area contributed by atoms with Crippen molar-refractivity contribution in [2.45, 2.75) is 43.9 Å². The van der Waals surface area contributed by atoms with E-state index in [4.69, 9.17) is 20.3 Å². The van der Waals surface area contributed by atoms with E-state index in [1.165, 1.54) is 0 Å². The molecule has 0 aromatic rings. The van der Waals surface area contributed by atoms with Gasteiger partial charge in [0.05, 0.1) is 13.2 Å². The minimum absolute atomic E-state index is 0.133. The van der Waals surface area contributed by atoms with Crippen LogP contribution in [0.1, 0.15) is 32.1 Å². The highest BCUT2D eigenvalue weighted by molar-refractivity contribution is 4.86. The maximum atomic E-state index is 8.84. The Balaban J connectivity index is 1.81. The Morgan fingerprint density at radius 3 is 2.40 bits per heavy atom. The third-order valence-corrected chi connectivity index (χ3v) is 3.67. The largest absolute Gasteiger partial charge is 0.396 e. The molecule has 4 heteroatoms. The summed E-state index contributed by atoms with van der Waals surface area (Å²) in [5.74, 6) is 0.241. The lowest BCUT2D eigenvalue weighted by molar-refractivity contribution is -0.183. The van der Waals surface area contributed by atoms with E-state index < -0.39 is 0 Å². The molecule has 1 saturated carbocycles. The van der Waals surface area contributed by atoms with E-state index in [0.717, 1.165) is 38.9 Å². The van der Waals surface area contributed by atoms with Gasteiger partial charge in [0.2, 0.25) is 0 Å². The molecule has 2 rings (SSSR count). The SMILES string of the molecule is NC(CCO)C1CCC2(CC1)OCCO2. The number of ether oxygens (including phenoxy) is 2. The van der Waals surface area contributed by atoms with E-state index in [1.54, 1.807) is 0 Å². The fraction of sp³-hybridized carbons (Fsp3) is 1.00. The summed E-state index contributed by atoms with van der Waals surface area (Å²) in [4.78, 5) is 0. The number of aliphatic hydroxyl groups is 1. The molecule has 0 bridgehead atoms. The second-order valence-electron chi connectivity index (χ2n) is 4.62. The van der Waals surface area contributed by atoms with Crippen LogP contribution in [0.2, 0.25) is 0 Å². The second kappa shape index (κ2) is 4.78. The van der Waals surface area contributed by atoms with Crippen LogP contribution in [0.3, 0.4) is 0 Å². The predicted octanol–water partition coefficient (Wildman–Crippen LogP) is 0.629. The molecule has 3 N–H and O–H groups in total. The first-order chi connectivity index (χ1) is 7.26. The third-order valence-electron chi connectivity index (χ3n) is 3.67. The lowest BCUT2D eigenvalue weighted by atomic mass is 9.80. The van der Waals surface area contributed by atoms with Crippen molar-refractivity contribution in [3.63, 3.8) is 0 Å². The molecule has 1 aliphatic carbocycles. The molecule has 88 valence electrons. The maximum Gasteiger partial charge on any atom is 0.168 e. The van der Waals surface area contributed by atoms with Crippen LogP contribution < -0.4 is 5.73 Å². The van der Waals surface area contributed by atoms with E-state index in [1.807, 2.05) is 0 Å². The molecule has 0 aromatic carbocycles. The van der Waals surface area contributed by atoms with E-state index in [0.29, 0.717) is 12.3 Å². The lowest BCUT2D eigenvalue weighted by Gasteiger charge is -2.37. The highest BCUT2D eigenvalue weighted by Crippen LogP contribution is 2.39. The molecule has 15 heavy (non-hydrogen) atoms. The van der Waals surface area contributed by atoms with Crippen molar-refractivity contribution in [3.8, 4) is 0 Å². The van der Waals surface area contributed by atoms with Crippen molar-refractivity contribution in [1.82, 2.24) is 0 Å². The van der Waals surface area contributed by atoms with Crippen molar-refractivity contribution in [2.75, 3.05) is 19.8 Å². The van der Waals surface area contributed by atoms with Crippen LogP contribution in [-0.4, -0.2) is 36.8 Å². The fourth-order valence-electron chi connectivity index (χ4n) is 2.68. The molecule has 0 amide bonds. The first kappa shape index (κ1) is 11.3. The Bertz CT molecular complexity index is 194. The van der Waals surface area contributed by atoms with E-state index in [2.05, 4.69) is 0 Å². The minimum Gasteiger partial charge on any atom is -0.396 e. The predicted molar refractivity (Wildman–Crippen MR) is 56.3 cm³/mol. The highest BCUT2D eigenvalue weighted by atomic mass is 16.7. The summed E-state index contributed by atoms with van der Waals surface area (Å²) in [7, 11) is 0. The zero-order valence-corrected chi connectivity index (χ0v) is 9.15. The van der Waals surface area contributed by atoms with Crippen LogP contribution >= 0.6 is 0 Å². The minimum atomic E-state index is -0.282. The average Bonchev–Trinajstić information content (AvgIpc) is 2.68. The van der Waals surface area contributed by atoms with Gasteiger partial charge >= 0.3 is 0 Å². The van der Waals surface area contributed by atoms with Gasteiger partial charge in [-0.1, -0.05) is 0 Å². The number of hydrogen-bond acceptors (Lipinski definition) is 4. The first-order valence-corrected chi connectivity index (χ1v) is 5.90. The van der Waals surface area contributed by atoms with Gasteiger partial charge in [0.1, 0.15) is 0 Å². The molecule has 1 spiro atoms. The topological polar surface area (TPSA) is 64.7 Å². The number of nitrogens with two attached hydrogens (primary N) is 1. The molecular formula is C11H21NO3. The van der Waals surface area contributed by atoms with Gasteiger partial charge in [0, 0.05) is 25.5 Å². The molecule has 0 radical (unpaired) electrons. The van der Waals surface area contributed by atoms with Crippen LogP contribution in [0.25, 0.3) is 0 Å². The average molecular weight is 215 g/mol. The molecule has 1 heterocycles. The van der Waals surface area contributed by atoms with Crippen molar-refractivity contribution in [2.24, 2.45) is 11.7 Å². The molecule has 0 aromatic heterocycles. The van der Waals surface area contributed by atoms with Gasteiger partial charge in [-0.05, 0) is 25.2 Å². The number of aliphatic hydroxyl groups excluding tert-OH is 1. The molecular weight excluding hydrogens is 194 g/mol. The number of rotatable bonds is 3. The van der Waals surface area contributed by atoms with Gasteiger partial charge in [0.25, 0.3) is 0 Å². The summed E-state index contributed by atoms with van der Waals surface area (Å²) in [6, 6.07) is 0.133. The fourth-order valence-corrected chi connectivity index (χ4v) is 2.68. The van der Waals surface area contributed by atoms with Crippen molar-refractivity contribution in [3.05, 3.63) is 0 Å². The van der Waals surface area contributed by atoms with E-state index in [-0.39, 0.29) is 18.4 Å². The van der Waals surface area contributed by atoms with E-state index >= 15 is 0 Å². The maximum absolute atomic E-state index is 8.84. The van der Waals surface area contributed by atoms with Gasteiger partial charge in [-0.25, -0.2) is 0 Å². The molecule has 1 atom stereocenters. The Morgan fingerprint density at radius 1 is 1.27 bits per heavy atom. The highest BCUT2D eigenvalue weighted by Gasteiger charge is 2.41. The molecule has 2 fully saturated rings. The zero-order chi connectivity index (χ0) is 10.7. The Morgan fingerprint density at radius 2 is 1.87 bits per heavy atom. The van der Waals surface area contributed by atoms with Crippen molar-refractivity contribution in [1.29, 1.82) is 0 Å². The van der Waals surface area contributed by atoms with Gasteiger partial charge in [-0.15, -0.1) is 0 Å². The summed E-state index contributed by atoms with van der Waals surface area (Å²) in [6.07, 6.45) is 4.73. The smallest absolute Gasteiger partial charge is 0.168 e. The summed E-state index contributed by atoms with van der Waals surface area (Å²) < 4.78 is 11.3. The van der Waals surface area contributed by atoms with Gasteiger partial charge in [0.15, 0.2) is 5.79 Å². The van der Waals surface area contributed by atoms with E-state index in [9.17, 15) is 0 Å². The zero-order valence-electron chi connectivity index (χ0n) is 9.15. The number of hydrogen-bond donors (Lipinski definition) is 2. The van der Waals surface area contributed by atoms with Gasteiger partial charge in [-0.3, -0.25) is 0 Å². The summed E-state index contributed by atoms with van der Waals surface area (Å²) in [5.41, 5.74) is 6.00. The summed E-state index contributed by atoms with van der Waals surface area (Å²) in [5, 5.41) is 8.84. The van der Waals surface area contributed by atoms with Crippen LogP contribution in [0.4, 0.5) is 0 Å². The summed E-state index contributed by atoms with van der Waals surface area (Å²) in [6.45, 7) is 1.65.